The van der Waals surface area contributed by atoms with Crippen molar-refractivity contribution in [3.05, 3.63) is 53.8 Å². The zero-order valence-corrected chi connectivity index (χ0v) is 27.8. The van der Waals surface area contributed by atoms with Gasteiger partial charge in [-0.15, -0.1) is 0 Å². The first kappa shape index (κ1) is 36.2. The summed E-state index contributed by atoms with van der Waals surface area (Å²) < 4.78 is 53.7. The van der Waals surface area contributed by atoms with Gasteiger partial charge in [0.05, 0.1) is 35.3 Å². The molecule has 3 N–H and O–H groups in total. The summed E-state index contributed by atoms with van der Waals surface area (Å²) in [6.07, 6.45) is 1.34. The summed E-state index contributed by atoms with van der Waals surface area (Å²) in [7, 11) is -2.50. The Morgan fingerprint density at radius 2 is 1.82 bits per heavy atom. The van der Waals surface area contributed by atoms with E-state index in [9.17, 15) is 27.5 Å². The van der Waals surface area contributed by atoms with Crippen molar-refractivity contribution in [2.75, 3.05) is 38.7 Å². The predicted octanol–water partition coefficient (Wildman–Crippen LogP) is 4.47. The van der Waals surface area contributed by atoms with Crippen LogP contribution in [-0.2, 0) is 14.8 Å². The molecule has 0 unspecified atom stereocenters. The number of rotatable bonds is 8. The third kappa shape index (κ3) is 10.1. The molecule has 1 aliphatic heterocycles. The number of nitrogens with one attached hydrogen (secondary N) is 2. The fraction of sp³-hybridized carbons (Fsp3) is 0.562. The van der Waals surface area contributed by atoms with Crippen LogP contribution in [0.3, 0.4) is 0 Å². The third-order valence-corrected chi connectivity index (χ3v) is 9.53. The van der Waals surface area contributed by atoms with Gasteiger partial charge in [0.15, 0.2) is 0 Å². The van der Waals surface area contributed by atoms with Crippen molar-refractivity contribution in [2.45, 2.75) is 83.1 Å². The van der Waals surface area contributed by atoms with Gasteiger partial charge in [0.25, 0.3) is 5.91 Å². The molecule has 45 heavy (non-hydrogen) atoms. The van der Waals surface area contributed by atoms with E-state index < -0.39 is 39.9 Å². The number of nitrogens with zero attached hydrogens (tertiary/aromatic N) is 2. The van der Waals surface area contributed by atoms with Crippen molar-refractivity contribution in [1.29, 1.82) is 0 Å². The number of aliphatic hydroxyl groups is 1. The molecule has 1 heterocycles. The molecular formula is C32H47FN4O7S. The summed E-state index contributed by atoms with van der Waals surface area (Å²) >= 11 is 0. The minimum absolute atomic E-state index is 0.00839. The number of hydrogen-bond donors (Lipinski definition) is 3. The number of likely N-dealkylation sites (N-methyl/N-ethyl adjacent to an activating group) is 1. The zero-order chi connectivity index (χ0) is 33.3. The Hall–Kier alpha value is -3.26. The van der Waals surface area contributed by atoms with Crippen LogP contribution in [0.15, 0.2) is 47.4 Å². The molecule has 11 nitrogen and oxygen atoms in total. The Labute approximate surface area is 266 Å². The second-order valence-corrected chi connectivity index (χ2v) is 14.0. The highest BCUT2D eigenvalue weighted by atomic mass is 32.2. The van der Waals surface area contributed by atoms with Gasteiger partial charge in [-0.25, -0.2) is 17.6 Å². The van der Waals surface area contributed by atoms with E-state index in [1.54, 1.807) is 25.1 Å². The topological polar surface area (TPSA) is 138 Å². The second-order valence-electron chi connectivity index (χ2n) is 12.0. The quantitative estimate of drug-likeness (QED) is 0.383. The van der Waals surface area contributed by atoms with Crippen molar-refractivity contribution in [2.24, 2.45) is 5.92 Å². The van der Waals surface area contributed by atoms with E-state index in [2.05, 4.69) is 10.6 Å². The number of ether oxygens (including phenoxy) is 2. The lowest BCUT2D eigenvalue weighted by atomic mass is 10.0. The average molecular weight is 651 g/mol. The Morgan fingerprint density at radius 3 is 2.47 bits per heavy atom. The van der Waals surface area contributed by atoms with Crippen molar-refractivity contribution < 1.29 is 37.0 Å². The molecule has 2 aromatic rings. The first-order valence-corrected chi connectivity index (χ1v) is 16.8. The number of carbonyl (C=O) groups is 2. The van der Waals surface area contributed by atoms with Gasteiger partial charge in [-0.2, -0.15) is 4.31 Å². The SMILES string of the molecule is CC(C)NC(=O)Nc1ccc2c(c1)C(=O)N([C@H](C)CO)C[C@H](C)[C@@H](CN(C)S(=O)(=O)c1ccc(F)cc1)OCCCC[C@H](C)O2. The van der Waals surface area contributed by atoms with Crippen LogP contribution in [0.1, 0.15) is 64.2 Å². The normalized spacial score (nSPS) is 21.1. The highest BCUT2D eigenvalue weighted by Crippen LogP contribution is 2.29. The third-order valence-electron chi connectivity index (χ3n) is 7.69. The van der Waals surface area contributed by atoms with Gasteiger partial charge in [0.2, 0.25) is 10.0 Å². The first-order chi connectivity index (χ1) is 21.2. The number of aliphatic hydroxyl groups excluding tert-OH is 1. The molecule has 2 aromatic carbocycles. The van der Waals surface area contributed by atoms with Crippen LogP contribution in [0.2, 0.25) is 0 Å². The van der Waals surface area contributed by atoms with Gasteiger partial charge in [0.1, 0.15) is 11.6 Å². The number of benzene rings is 2. The molecule has 0 fully saturated rings. The summed E-state index contributed by atoms with van der Waals surface area (Å²) in [6.45, 7) is 9.36. The minimum atomic E-state index is -3.94. The number of fused-ring (bicyclic) bond motifs is 1. The van der Waals surface area contributed by atoms with Crippen molar-refractivity contribution in [3.8, 4) is 5.75 Å². The van der Waals surface area contributed by atoms with Crippen LogP contribution in [0.4, 0.5) is 14.9 Å². The summed E-state index contributed by atoms with van der Waals surface area (Å²) in [6, 6.07) is 8.44. The average Bonchev–Trinajstić information content (AvgIpc) is 2.98. The molecule has 13 heteroatoms. The Bertz CT molecular complexity index is 1390. The number of hydrogen-bond acceptors (Lipinski definition) is 7. The Morgan fingerprint density at radius 1 is 1.13 bits per heavy atom. The van der Waals surface area contributed by atoms with Gasteiger partial charge >= 0.3 is 6.03 Å². The maximum Gasteiger partial charge on any atom is 0.319 e. The molecule has 0 spiro atoms. The molecule has 3 rings (SSSR count). The molecule has 0 radical (unpaired) electrons. The van der Waals surface area contributed by atoms with Gasteiger partial charge in [0, 0.05) is 44.4 Å². The van der Waals surface area contributed by atoms with E-state index in [0.717, 1.165) is 18.6 Å². The van der Waals surface area contributed by atoms with Gasteiger partial charge < -0.3 is 30.1 Å². The smallest absolute Gasteiger partial charge is 0.319 e. The lowest BCUT2D eigenvalue weighted by molar-refractivity contribution is -0.00834. The van der Waals surface area contributed by atoms with E-state index in [4.69, 9.17) is 9.47 Å². The van der Waals surface area contributed by atoms with Crippen molar-refractivity contribution in [3.63, 3.8) is 0 Å². The monoisotopic (exact) mass is 650 g/mol. The number of halogens is 1. The van der Waals surface area contributed by atoms with E-state index in [-0.39, 0.29) is 48.2 Å². The molecule has 0 saturated heterocycles. The molecular weight excluding hydrogens is 603 g/mol. The predicted molar refractivity (Wildman–Crippen MR) is 170 cm³/mol. The molecule has 250 valence electrons. The molecule has 0 bridgehead atoms. The summed E-state index contributed by atoms with van der Waals surface area (Å²) in [5.74, 6) is -0.953. The highest BCUT2D eigenvalue weighted by molar-refractivity contribution is 7.89. The zero-order valence-electron chi connectivity index (χ0n) is 27.0. The van der Waals surface area contributed by atoms with Gasteiger partial charge in [-0.05, 0) is 89.4 Å². The number of sulfonamides is 1. The number of urea groups is 1. The van der Waals surface area contributed by atoms with Crippen LogP contribution in [0.25, 0.3) is 0 Å². The lowest BCUT2D eigenvalue weighted by Crippen LogP contribution is -2.48. The molecule has 4 atom stereocenters. The van der Waals surface area contributed by atoms with Gasteiger partial charge in [-0.3, -0.25) is 4.79 Å². The Kier molecular flexibility index (Phi) is 13.2. The minimum Gasteiger partial charge on any atom is -0.490 e. The van der Waals surface area contributed by atoms with E-state index in [1.807, 2.05) is 27.7 Å². The van der Waals surface area contributed by atoms with Crippen molar-refractivity contribution >= 4 is 27.6 Å². The highest BCUT2D eigenvalue weighted by Gasteiger charge is 2.32. The molecule has 3 amide bonds. The van der Waals surface area contributed by atoms with E-state index >= 15 is 0 Å². The molecule has 0 saturated carbocycles. The van der Waals surface area contributed by atoms with Crippen LogP contribution < -0.4 is 15.4 Å². The molecule has 1 aliphatic rings. The second kappa shape index (κ2) is 16.3. The van der Waals surface area contributed by atoms with Crippen LogP contribution in [0.5, 0.6) is 5.75 Å². The van der Waals surface area contributed by atoms with Crippen LogP contribution >= 0.6 is 0 Å². The van der Waals surface area contributed by atoms with Crippen LogP contribution in [-0.4, -0.2) is 92.3 Å². The van der Waals surface area contributed by atoms with E-state index in [1.165, 1.54) is 28.4 Å². The maximum atomic E-state index is 14.2. The van der Waals surface area contributed by atoms with Crippen molar-refractivity contribution in [1.82, 2.24) is 14.5 Å². The Balaban J connectivity index is 1.96. The molecule has 0 aliphatic carbocycles. The van der Waals surface area contributed by atoms with E-state index in [0.29, 0.717) is 30.9 Å². The maximum absolute atomic E-state index is 14.2. The summed E-state index contributed by atoms with van der Waals surface area (Å²) in [5.41, 5.74) is 0.623. The molecule has 0 aromatic heterocycles. The number of anilines is 1. The van der Waals surface area contributed by atoms with Crippen LogP contribution in [0, 0.1) is 11.7 Å². The largest absolute Gasteiger partial charge is 0.490 e. The number of carbonyl (C=O) groups excluding carboxylic acids is 2. The van der Waals surface area contributed by atoms with Gasteiger partial charge in [-0.1, -0.05) is 6.92 Å². The lowest BCUT2D eigenvalue weighted by Gasteiger charge is -2.35. The fourth-order valence-corrected chi connectivity index (χ4v) is 6.21. The summed E-state index contributed by atoms with van der Waals surface area (Å²) in [4.78, 5) is 28.1. The number of amides is 3. The fourth-order valence-electron chi connectivity index (χ4n) is 5.03. The first-order valence-electron chi connectivity index (χ1n) is 15.4. The standard InChI is InChI=1S/C32H47FN4O7S/c1-21(2)34-32(40)35-26-12-15-29-28(17-26)31(39)37(23(4)20-38)18-22(3)30(43-16-8-7-9-24(5)44-29)19-36(6)45(41,42)27-13-10-25(33)11-14-27/h10-15,17,21-24,30,38H,7-9,16,18-20H2,1-6H3,(H2,34,35,40)/t22-,23+,24-,30+/m0/s1. The summed E-state index contributed by atoms with van der Waals surface area (Å²) in [5, 5.41) is 15.7.